The maximum absolute atomic E-state index is 11.3. The number of aryl methyl sites for hydroxylation is 1. The summed E-state index contributed by atoms with van der Waals surface area (Å²) >= 11 is 0. The number of nitrogens with one attached hydrogen (secondary N) is 1. The summed E-state index contributed by atoms with van der Waals surface area (Å²) in [6.07, 6.45) is 1.75. The molecule has 0 spiro atoms. The zero-order chi connectivity index (χ0) is 17.6. The Kier molecular flexibility index (Phi) is 5.67. The number of amides is 1. The highest BCUT2D eigenvalue weighted by molar-refractivity contribution is 5.90. The van der Waals surface area contributed by atoms with Gasteiger partial charge < -0.3 is 14.8 Å². The lowest BCUT2D eigenvalue weighted by atomic mass is 10.1. The first kappa shape index (κ1) is 17.4. The van der Waals surface area contributed by atoms with Crippen LogP contribution < -0.4 is 10.1 Å². The molecule has 2 aromatic rings. The van der Waals surface area contributed by atoms with Crippen molar-refractivity contribution in [2.45, 2.75) is 6.92 Å². The van der Waals surface area contributed by atoms with Crippen LogP contribution in [0, 0.1) is 0 Å². The molecule has 1 amide bonds. The summed E-state index contributed by atoms with van der Waals surface area (Å²) in [5.41, 5.74) is 2.59. The van der Waals surface area contributed by atoms with Crippen LogP contribution in [0.4, 0.5) is 5.69 Å². The van der Waals surface area contributed by atoms with Crippen LogP contribution in [0.1, 0.15) is 6.92 Å². The van der Waals surface area contributed by atoms with E-state index < -0.39 is 0 Å². The van der Waals surface area contributed by atoms with Crippen molar-refractivity contribution in [3.05, 3.63) is 30.5 Å². The fourth-order valence-electron chi connectivity index (χ4n) is 2.88. The van der Waals surface area contributed by atoms with Crippen molar-refractivity contribution >= 4 is 11.6 Å². The Morgan fingerprint density at radius 1 is 1.32 bits per heavy atom. The lowest BCUT2D eigenvalue weighted by Crippen LogP contribution is -2.38. The number of hydrogen-bond acceptors (Lipinski definition) is 5. The second-order valence-electron chi connectivity index (χ2n) is 6.03. The second kappa shape index (κ2) is 8.13. The molecule has 0 atom stereocenters. The van der Waals surface area contributed by atoms with Crippen LogP contribution in [-0.2, 0) is 16.6 Å². The Hall–Kier alpha value is -2.38. The molecule has 1 aromatic carbocycles. The number of rotatable bonds is 6. The van der Waals surface area contributed by atoms with Crippen LogP contribution in [0.3, 0.4) is 0 Å². The third kappa shape index (κ3) is 4.58. The number of anilines is 1. The third-order valence-corrected chi connectivity index (χ3v) is 4.17. The van der Waals surface area contributed by atoms with E-state index in [9.17, 15) is 4.79 Å². The summed E-state index contributed by atoms with van der Waals surface area (Å²) in [5, 5.41) is 7.05. The van der Waals surface area contributed by atoms with Gasteiger partial charge in [-0.2, -0.15) is 5.10 Å². The van der Waals surface area contributed by atoms with Crippen LogP contribution in [0.5, 0.6) is 5.75 Å². The minimum absolute atomic E-state index is 0.100. The van der Waals surface area contributed by atoms with Gasteiger partial charge in [-0.05, 0) is 24.3 Å². The van der Waals surface area contributed by atoms with E-state index in [-0.39, 0.29) is 5.91 Å². The fourth-order valence-corrected chi connectivity index (χ4v) is 2.88. The molecule has 7 nitrogen and oxygen atoms in total. The van der Waals surface area contributed by atoms with Crippen molar-refractivity contribution in [2.75, 3.05) is 44.8 Å². The van der Waals surface area contributed by atoms with Crippen LogP contribution >= 0.6 is 0 Å². The standard InChI is InChI=1S/C18H24N4O3/c1-14(23)20-15-3-4-18(16(13-15)17-5-6-19-21(17)2)25-12-9-22-7-10-24-11-8-22/h3-6,13H,7-12H2,1-2H3,(H,20,23). The van der Waals surface area contributed by atoms with Crippen LogP contribution in [0.15, 0.2) is 30.5 Å². The smallest absolute Gasteiger partial charge is 0.221 e. The summed E-state index contributed by atoms with van der Waals surface area (Å²) < 4.78 is 13.2. The maximum atomic E-state index is 11.3. The lowest BCUT2D eigenvalue weighted by Gasteiger charge is -2.26. The van der Waals surface area contributed by atoms with Gasteiger partial charge in [0.2, 0.25) is 5.91 Å². The first-order valence-corrected chi connectivity index (χ1v) is 8.46. The van der Waals surface area contributed by atoms with E-state index in [1.165, 1.54) is 6.92 Å². The van der Waals surface area contributed by atoms with Gasteiger partial charge in [0.1, 0.15) is 12.4 Å². The van der Waals surface area contributed by atoms with E-state index in [0.717, 1.165) is 55.5 Å². The quantitative estimate of drug-likeness (QED) is 0.865. The largest absolute Gasteiger partial charge is 0.492 e. The van der Waals surface area contributed by atoms with Gasteiger partial charge in [0, 0.05) is 51.1 Å². The van der Waals surface area contributed by atoms with E-state index in [0.29, 0.717) is 6.61 Å². The molecule has 1 N–H and O–H groups in total. The normalized spacial score (nSPS) is 15.1. The van der Waals surface area contributed by atoms with E-state index in [2.05, 4.69) is 15.3 Å². The molecular weight excluding hydrogens is 320 g/mol. The summed E-state index contributed by atoms with van der Waals surface area (Å²) in [6, 6.07) is 7.60. The van der Waals surface area contributed by atoms with Gasteiger partial charge >= 0.3 is 0 Å². The summed E-state index contributed by atoms with van der Waals surface area (Å²) in [7, 11) is 1.89. The summed E-state index contributed by atoms with van der Waals surface area (Å²) in [4.78, 5) is 13.7. The monoisotopic (exact) mass is 344 g/mol. The molecule has 0 saturated carbocycles. The van der Waals surface area contributed by atoms with E-state index >= 15 is 0 Å². The van der Waals surface area contributed by atoms with E-state index in [1.54, 1.807) is 10.9 Å². The molecule has 0 radical (unpaired) electrons. The number of morpholine rings is 1. The molecule has 1 aromatic heterocycles. The van der Waals surface area contributed by atoms with Crippen LogP contribution in [0.25, 0.3) is 11.3 Å². The number of aromatic nitrogens is 2. The predicted octanol–water partition coefficient (Wildman–Crippen LogP) is 1.76. The SMILES string of the molecule is CC(=O)Nc1ccc(OCCN2CCOCC2)c(-c2ccnn2C)c1. The van der Waals surface area contributed by atoms with Crippen molar-refractivity contribution in [3.8, 4) is 17.0 Å². The molecule has 1 aliphatic heterocycles. The second-order valence-corrected chi connectivity index (χ2v) is 6.03. The molecule has 0 unspecified atom stereocenters. The lowest BCUT2D eigenvalue weighted by molar-refractivity contribution is -0.114. The molecule has 25 heavy (non-hydrogen) atoms. The molecule has 134 valence electrons. The third-order valence-electron chi connectivity index (χ3n) is 4.17. The molecule has 1 fully saturated rings. The molecule has 2 heterocycles. The topological polar surface area (TPSA) is 68.6 Å². The van der Waals surface area contributed by atoms with Gasteiger partial charge in [0.15, 0.2) is 0 Å². The van der Waals surface area contributed by atoms with Crippen LogP contribution in [0.2, 0.25) is 0 Å². The number of ether oxygens (including phenoxy) is 2. The Labute approximate surface area is 147 Å². The van der Waals surface area contributed by atoms with E-state index in [1.807, 2.05) is 31.3 Å². The van der Waals surface area contributed by atoms with Crippen LogP contribution in [-0.4, -0.2) is 60.0 Å². The number of hydrogen-bond donors (Lipinski definition) is 1. The van der Waals surface area contributed by atoms with Gasteiger partial charge in [-0.15, -0.1) is 0 Å². The highest BCUT2D eigenvalue weighted by atomic mass is 16.5. The van der Waals surface area contributed by atoms with Crippen molar-refractivity contribution in [2.24, 2.45) is 7.05 Å². The average molecular weight is 344 g/mol. The minimum atomic E-state index is -0.100. The number of benzene rings is 1. The highest BCUT2D eigenvalue weighted by Crippen LogP contribution is 2.32. The van der Waals surface area contributed by atoms with Gasteiger partial charge in [-0.3, -0.25) is 14.4 Å². The number of carbonyl (C=O) groups is 1. The first-order valence-electron chi connectivity index (χ1n) is 8.46. The zero-order valence-corrected chi connectivity index (χ0v) is 14.7. The fraction of sp³-hybridized carbons (Fsp3) is 0.444. The molecule has 0 aliphatic carbocycles. The molecule has 1 aliphatic rings. The van der Waals surface area contributed by atoms with Crippen molar-refractivity contribution in [3.63, 3.8) is 0 Å². The molecule has 1 saturated heterocycles. The molecule has 7 heteroatoms. The highest BCUT2D eigenvalue weighted by Gasteiger charge is 2.14. The maximum Gasteiger partial charge on any atom is 0.221 e. The number of nitrogens with zero attached hydrogens (tertiary/aromatic N) is 3. The average Bonchev–Trinajstić information content (AvgIpc) is 3.02. The minimum Gasteiger partial charge on any atom is -0.492 e. The van der Waals surface area contributed by atoms with Gasteiger partial charge in [-0.25, -0.2) is 0 Å². The van der Waals surface area contributed by atoms with Gasteiger partial charge in [0.05, 0.1) is 18.9 Å². The van der Waals surface area contributed by atoms with Crippen molar-refractivity contribution < 1.29 is 14.3 Å². The Morgan fingerprint density at radius 2 is 2.12 bits per heavy atom. The van der Waals surface area contributed by atoms with Gasteiger partial charge in [0.25, 0.3) is 0 Å². The summed E-state index contributed by atoms with van der Waals surface area (Å²) in [6.45, 7) is 6.42. The predicted molar refractivity (Wildman–Crippen MR) is 95.7 cm³/mol. The Morgan fingerprint density at radius 3 is 2.80 bits per heavy atom. The summed E-state index contributed by atoms with van der Waals surface area (Å²) in [5.74, 6) is 0.683. The molecular formula is C18H24N4O3. The van der Waals surface area contributed by atoms with Crippen molar-refractivity contribution in [1.29, 1.82) is 0 Å². The van der Waals surface area contributed by atoms with Gasteiger partial charge in [-0.1, -0.05) is 0 Å². The van der Waals surface area contributed by atoms with Crippen molar-refractivity contribution in [1.82, 2.24) is 14.7 Å². The first-order chi connectivity index (χ1) is 12.1. The zero-order valence-electron chi connectivity index (χ0n) is 14.7. The molecule has 0 bridgehead atoms. The Balaban J connectivity index is 1.75. The Bertz CT molecular complexity index is 723. The number of carbonyl (C=O) groups excluding carboxylic acids is 1. The molecule has 3 rings (SSSR count). The van der Waals surface area contributed by atoms with E-state index in [4.69, 9.17) is 9.47 Å².